The number of rotatable bonds is 4. The quantitative estimate of drug-likeness (QED) is 0.443. The van der Waals surface area contributed by atoms with E-state index in [9.17, 15) is 4.79 Å². The van der Waals surface area contributed by atoms with Crippen LogP contribution in [0.4, 0.5) is 4.79 Å². The molecule has 0 N–H and O–H groups in total. The van der Waals surface area contributed by atoms with Crippen molar-refractivity contribution >= 4 is 17.0 Å². The Morgan fingerprint density at radius 3 is 2.69 bits per heavy atom. The van der Waals surface area contributed by atoms with Gasteiger partial charge in [-0.1, -0.05) is 30.3 Å². The minimum absolute atomic E-state index is 0.228. The topological polar surface area (TPSA) is 91.6 Å². The van der Waals surface area contributed by atoms with E-state index >= 15 is 0 Å². The molecule has 2 aromatic carbocycles. The molecule has 3 heterocycles. The van der Waals surface area contributed by atoms with Crippen LogP contribution in [0, 0.1) is 0 Å². The summed E-state index contributed by atoms with van der Waals surface area (Å²) in [6, 6.07) is 13.5. The first-order valence-corrected chi connectivity index (χ1v) is 11.6. The number of aryl methyl sites for hydroxylation is 1. The number of hydrogen-bond donors (Lipinski definition) is 0. The second-order valence-electron chi connectivity index (χ2n) is 8.97. The van der Waals surface area contributed by atoms with Gasteiger partial charge < -0.3 is 14.2 Å². The molecule has 1 spiro atoms. The maximum absolute atomic E-state index is 13.2. The largest absolute Gasteiger partial charge is 0.493 e. The van der Waals surface area contributed by atoms with E-state index in [1.165, 1.54) is 6.33 Å². The van der Waals surface area contributed by atoms with Gasteiger partial charge in [-0.05, 0) is 18.9 Å². The molecule has 1 aliphatic carbocycles. The number of nitrogens with zero attached hydrogens (tertiary/aromatic N) is 5. The van der Waals surface area contributed by atoms with Crippen LogP contribution in [-0.2, 0) is 11.8 Å². The van der Waals surface area contributed by atoms with E-state index in [4.69, 9.17) is 14.2 Å². The Labute approximate surface area is 202 Å². The van der Waals surface area contributed by atoms with Crippen molar-refractivity contribution in [2.24, 2.45) is 7.05 Å². The molecule has 178 valence electrons. The Morgan fingerprint density at radius 2 is 1.91 bits per heavy atom. The lowest BCUT2D eigenvalue weighted by atomic mass is 10.0. The molecular weight excluding hydrogens is 446 g/mol. The molecule has 1 saturated carbocycles. The first-order valence-electron chi connectivity index (χ1n) is 11.6. The summed E-state index contributed by atoms with van der Waals surface area (Å²) in [6.07, 6.45) is 4.92. The normalized spacial score (nSPS) is 16.5. The van der Waals surface area contributed by atoms with Gasteiger partial charge in [-0.3, -0.25) is 9.58 Å². The van der Waals surface area contributed by atoms with E-state index in [0.29, 0.717) is 42.5 Å². The number of benzene rings is 2. The van der Waals surface area contributed by atoms with Gasteiger partial charge in [-0.25, -0.2) is 14.8 Å². The summed E-state index contributed by atoms with van der Waals surface area (Å²) in [7, 11) is 3.43. The number of methoxy groups -OCH3 is 1. The number of ether oxygens (including phenoxy) is 3. The number of fused-ring (bicyclic) bond motifs is 1. The third-order valence-electron chi connectivity index (χ3n) is 6.70. The molecule has 2 fully saturated rings. The second-order valence-corrected chi connectivity index (χ2v) is 8.97. The van der Waals surface area contributed by atoms with Crippen LogP contribution in [0.15, 0.2) is 55.0 Å². The molecule has 1 saturated heterocycles. The number of hydrogen-bond acceptors (Lipinski definition) is 7. The number of morpholine rings is 1. The van der Waals surface area contributed by atoms with E-state index in [-0.39, 0.29) is 5.54 Å². The monoisotopic (exact) mass is 471 g/mol. The molecule has 2 aromatic heterocycles. The molecule has 1 amide bonds. The summed E-state index contributed by atoms with van der Waals surface area (Å²) in [5, 5.41) is 5.42. The van der Waals surface area contributed by atoms with Crippen LogP contribution in [0.3, 0.4) is 0 Å². The summed E-state index contributed by atoms with van der Waals surface area (Å²) < 4.78 is 18.8. The lowest BCUT2D eigenvalue weighted by Gasteiger charge is -2.35. The SMILES string of the molecule is COc1cc2ncnc(-c3cn(C)nc3-c3ccccc3)c2cc1OC(=O)N1CCOCC12CC2. The zero-order valence-electron chi connectivity index (χ0n) is 19.6. The van der Waals surface area contributed by atoms with E-state index in [0.717, 1.165) is 35.0 Å². The standard InChI is InChI=1S/C26H25N5O4/c1-30-14-19(23(29-30)17-6-4-3-5-7-17)24-18-12-22(21(33-2)13-20(18)27-16-28-24)35-25(32)31-10-11-34-15-26(31)8-9-26/h3-7,12-14,16H,8-11,15H2,1-2H3. The van der Waals surface area contributed by atoms with E-state index in [1.807, 2.05) is 43.6 Å². The summed E-state index contributed by atoms with van der Waals surface area (Å²) in [6.45, 7) is 1.57. The second kappa shape index (κ2) is 8.35. The van der Waals surface area contributed by atoms with Crippen LogP contribution in [-0.4, -0.2) is 63.1 Å². The molecule has 9 nitrogen and oxygen atoms in total. The van der Waals surface area contributed by atoms with E-state index in [1.54, 1.807) is 28.8 Å². The van der Waals surface area contributed by atoms with Crippen molar-refractivity contribution in [3.63, 3.8) is 0 Å². The summed E-state index contributed by atoms with van der Waals surface area (Å²) in [5.74, 6) is 0.761. The lowest BCUT2D eigenvalue weighted by Crippen LogP contribution is -2.51. The Balaban J connectivity index is 1.43. The molecule has 2 aliphatic rings. The maximum atomic E-state index is 13.2. The fourth-order valence-electron chi connectivity index (χ4n) is 4.71. The van der Waals surface area contributed by atoms with Crippen molar-refractivity contribution in [2.45, 2.75) is 18.4 Å². The van der Waals surface area contributed by atoms with E-state index in [2.05, 4.69) is 15.1 Å². The molecule has 9 heteroatoms. The highest BCUT2D eigenvalue weighted by molar-refractivity contribution is 5.97. The van der Waals surface area contributed by atoms with Gasteiger partial charge in [0.05, 0.1) is 37.1 Å². The van der Waals surface area contributed by atoms with Crippen LogP contribution in [0.5, 0.6) is 11.5 Å². The average Bonchev–Trinajstić information content (AvgIpc) is 3.53. The Morgan fingerprint density at radius 1 is 1.09 bits per heavy atom. The zero-order chi connectivity index (χ0) is 24.0. The first-order chi connectivity index (χ1) is 17.1. The molecular formula is C26H25N5O4. The number of carbonyl (C=O) groups is 1. The summed E-state index contributed by atoms with van der Waals surface area (Å²) in [5.41, 5.74) is 3.81. The highest BCUT2D eigenvalue weighted by atomic mass is 16.6. The van der Waals surface area contributed by atoms with Gasteiger partial charge in [0.2, 0.25) is 0 Å². The lowest BCUT2D eigenvalue weighted by molar-refractivity contribution is -0.00919. The van der Waals surface area contributed by atoms with Gasteiger partial charge in [-0.15, -0.1) is 0 Å². The van der Waals surface area contributed by atoms with Gasteiger partial charge in [0.15, 0.2) is 11.5 Å². The molecule has 1 aliphatic heterocycles. The van der Waals surface area contributed by atoms with Crippen molar-refractivity contribution in [1.29, 1.82) is 0 Å². The molecule has 35 heavy (non-hydrogen) atoms. The van der Waals surface area contributed by atoms with Crippen molar-refractivity contribution < 1.29 is 19.0 Å². The number of aromatic nitrogens is 4. The number of amides is 1. The predicted octanol–water partition coefficient (Wildman–Crippen LogP) is 4.07. The molecule has 0 unspecified atom stereocenters. The molecule has 0 atom stereocenters. The van der Waals surface area contributed by atoms with Crippen LogP contribution >= 0.6 is 0 Å². The molecule has 0 bridgehead atoms. The third kappa shape index (κ3) is 3.77. The van der Waals surface area contributed by atoms with Crippen molar-refractivity contribution in [3.8, 4) is 34.0 Å². The highest BCUT2D eigenvalue weighted by Gasteiger charge is 2.53. The van der Waals surface area contributed by atoms with Crippen LogP contribution in [0.1, 0.15) is 12.8 Å². The summed E-state index contributed by atoms with van der Waals surface area (Å²) >= 11 is 0. The first kappa shape index (κ1) is 21.5. The van der Waals surface area contributed by atoms with Gasteiger partial charge >= 0.3 is 6.09 Å². The fourth-order valence-corrected chi connectivity index (χ4v) is 4.71. The Kier molecular flexibility index (Phi) is 5.14. The van der Waals surface area contributed by atoms with E-state index < -0.39 is 6.09 Å². The van der Waals surface area contributed by atoms with Crippen LogP contribution in [0.2, 0.25) is 0 Å². The predicted molar refractivity (Wildman–Crippen MR) is 129 cm³/mol. The summed E-state index contributed by atoms with van der Waals surface area (Å²) in [4.78, 5) is 24.0. The van der Waals surface area contributed by atoms with Gasteiger partial charge in [0.25, 0.3) is 0 Å². The molecule has 0 radical (unpaired) electrons. The third-order valence-corrected chi connectivity index (χ3v) is 6.70. The van der Waals surface area contributed by atoms with Gasteiger partial charge in [0, 0.05) is 42.4 Å². The van der Waals surface area contributed by atoms with Crippen LogP contribution in [0.25, 0.3) is 33.4 Å². The molecule has 6 rings (SSSR count). The van der Waals surface area contributed by atoms with Crippen molar-refractivity contribution in [2.75, 3.05) is 26.9 Å². The van der Waals surface area contributed by atoms with Gasteiger partial charge in [0.1, 0.15) is 12.0 Å². The Hall–Kier alpha value is -3.98. The van der Waals surface area contributed by atoms with Gasteiger partial charge in [-0.2, -0.15) is 5.10 Å². The minimum atomic E-state index is -0.395. The van der Waals surface area contributed by atoms with Crippen LogP contribution < -0.4 is 9.47 Å². The molecule has 4 aromatic rings. The zero-order valence-corrected chi connectivity index (χ0v) is 19.6. The maximum Gasteiger partial charge on any atom is 0.415 e. The average molecular weight is 472 g/mol. The Bertz CT molecular complexity index is 1410. The minimum Gasteiger partial charge on any atom is -0.493 e. The smallest absolute Gasteiger partial charge is 0.415 e. The van der Waals surface area contributed by atoms with Crippen molar-refractivity contribution in [3.05, 3.63) is 55.0 Å². The number of carbonyl (C=O) groups excluding carboxylic acids is 1. The fraction of sp³-hybridized carbons (Fsp3) is 0.308. The highest BCUT2D eigenvalue weighted by Crippen LogP contribution is 2.44. The van der Waals surface area contributed by atoms with Crippen molar-refractivity contribution in [1.82, 2.24) is 24.6 Å².